The van der Waals surface area contributed by atoms with Crippen molar-refractivity contribution < 1.29 is 33.8 Å². The van der Waals surface area contributed by atoms with Crippen LogP contribution in [0.1, 0.15) is 47.3 Å². The first-order valence-corrected chi connectivity index (χ1v) is 15.1. The lowest BCUT2D eigenvalue weighted by molar-refractivity contribution is -0.0984. The number of allylic oxidation sites excluding steroid dienone is 1. The Hall–Kier alpha value is -2.51. The minimum atomic E-state index is -3.76. The molecule has 0 spiro atoms. The number of H-pyrrole nitrogens is 1. The minimum Gasteiger partial charge on any atom is -0.461 e. The molecule has 1 aliphatic rings. The summed E-state index contributed by atoms with van der Waals surface area (Å²) in [7, 11) is 0. The minimum absolute atomic E-state index is 0.124. The molecule has 1 fully saturated rings. The Bertz CT molecular complexity index is 1310. The molecule has 5 atom stereocenters. The van der Waals surface area contributed by atoms with Gasteiger partial charge in [0.2, 0.25) is 0 Å². The second kappa shape index (κ2) is 12.8. The molecule has 0 amide bonds. The van der Waals surface area contributed by atoms with Gasteiger partial charge in [-0.2, -0.15) is 0 Å². The Balaban J connectivity index is 1.80. The molecule has 39 heavy (non-hydrogen) atoms. The van der Waals surface area contributed by atoms with Gasteiger partial charge in [0.1, 0.15) is 29.3 Å². The zero-order valence-electron chi connectivity index (χ0n) is 22.4. The molecule has 3 rings (SSSR count). The van der Waals surface area contributed by atoms with Crippen molar-refractivity contribution in [3.63, 3.8) is 0 Å². The van der Waals surface area contributed by atoms with Gasteiger partial charge in [0.15, 0.2) is 6.23 Å². The van der Waals surface area contributed by atoms with E-state index in [1.165, 1.54) is 6.92 Å². The maximum atomic E-state index is 12.2. The summed E-state index contributed by atoms with van der Waals surface area (Å²) in [6, 6.07) is 10.1. The van der Waals surface area contributed by atoms with Crippen molar-refractivity contribution in [1.82, 2.24) is 14.6 Å². The van der Waals surface area contributed by atoms with Crippen LogP contribution in [-0.2, 0) is 25.8 Å². The smallest absolute Gasteiger partial charge is 0.330 e. The molecule has 1 aliphatic heterocycles. The number of rotatable bonds is 12. The molecule has 216 valence electrons. The maximum Gasteiger partial charge on any atom is 0.330 e. The van der Waals surface area contributed by atoms with Crippen LogP contribution in [0.2, 0.25) is 0 Å². The highest BCUT2D eigenvalue weighted by molar-refractivity contribution is 8.08. The predicted molar refractivity (Wildman–Crippen MR) is 147 cm³/mol. The number of aromatic amines is 1. The molecule has 1 unspecified atom stereocenters. The molecule has 0 saturated carbocycles. The molecule has 14 heteroatoms. The maximum absolute atomic E-state index is 12.2. The zero-order valence-corrected chi connectivity index (χ0v) is 24.1. The lowest BCUT2D eigenvalue weighted by Crippen LogP contribution is -2.46. The van der Waals surface area contributed by atoms with Crippen LogP contribution in [0.15, 0.2) is 63.8 Å². The van der Waals surface area contributed by atoms with E-state index >= 15 is 0 Å². The van der Waals surface area contributed by atoms with Crippen molar-refractivity contribution in [1.29, 1.82) is 0 Å². The standard InChI is InChI=1S/C25H36N3O9PS/c1-15(2)13-18(22(35-16(3)4)36-17-9-7-6-8-10-17)27-38(33,39)34-14-19-21(30)25(5,32)23(37-19)28-12-11-20(29)26-24(28)31/h6-12,15-16,19,21,23,30,32H,13-14H2,1-5H3,(H,26,29,31)(H2,27,33,39)/t19-,21-,23-,25-,38?/m1/s1. The second-order valence-electron chi connectivity index (χ2n) is 10.1. The summed E-state index contributed by atoms with van der Waals surface area (Å²) >= 11 is 5.35. The molecule has 1 saturated heterocycles. The number of hydrogen-bond donors (Lipinski definition) is 5. The number of ether oxygens (including phenoxy) is 3. The van der Waals surface area contributed by atoms with Gasteiger partial charge >= 0.3 is 11.6 Å². The van der Waals surface area contributed by atoms with Crippen LogP contribution in [0.25, 0.3) is 0 Å². The largest absolute Gasteiger partial charge is 0.461 e. The Labute approximate surface area is 231 Å². The van der Waals surface area contributed by atoms with Gasteiger partial charge in [0.25, 0.3) is 12.2 Å². The molecule has 5 N–H and O–H groups in total. The Morgan fingerprint density at radius 2 is 1.90 bits per heavy atom. The summed E-state index contributed by atoms with van der Waals surface area (Å²) in [5.41, 5.74) is -2.98. The Morgan fingerprint density at radius 1 is 1.23 bits per heavy atom. The summed E-state index contributed by atoms with van der Waals surface area (Å²) in [6.45, 7) is 4.73. The number of para-hydroxylation sites is 1. The summed E-state index contributed by atoms with van der Waals surface area (Å²) in [5.74, 6) is 0.782. The van der Waals surface area contributed by atoms with Crippen LogP contribution in [0, 0.1) is 5.92 Å². The van der Waals surface area contributed by atoms with E-state index in [0.29, 0.717) is 17.9 Å². The topological polar surface area (TPSA) is 164 Å². The number of aliphatic hydroxyl groups is 2. The molecule has 2 heterocycles. The van der Waals surface area contributed by atoms with Crippen molar-refractivity contribution in [3.05, 3.63) is 75.1 Å². The van der Waals surface area contributed by atoms with Crippen LogP contribution >= 0.6 is 6.64 Å². The Morgan fingerprint density at radius 3 is 2.49 bits per heavy atom. The average Bonchev–Trinajstić information content (AvgIpc) is 3.05. The number of benzene rings is 1. The monoisotopic (exact) mass is 585 g/mol. The van der Waals surface area contributed by atoms with E-state index in [4.69, 9.17) is 30.5 Å². The van der Waals surface area contributed by atoms with Gasteiger partial charge in [-0.1, -0.05) is 32.0 Å². The first-order valence-electron chi connectivity index (χ1n) is 12.4. The fourth-order valence-electron chi connectivity index (χ4n) is 3.92. The van der Waals surface area contributed by atoms with Gasteiger partial charge in [0, 0.05) is 12.3 Å². The zero-order chi connectivity index (χ0) is 29.0. The summed E-state index contributed by atoms with van der Waals surface area (Å²) in [6.07, 6.45) is -2.70. The molecule has 0 aliphatic carbocycles. The van der Waals surface area contributed by atoms with Crippen LogP contribution in [-0.4, -0.2) is 55.2 Å². The first-order chi connectivity index (χ1) is 18.2. The number of hydrogen-bond acceptors (Lipinski definition) is 9. The first kappa shape index (κ1) is 31.0. The summed E-state index contributed by atoms with van der Waals surface area (Å²) < 4.78 is 24.2. The molecular formula is C25H36N3O9PS. The van der Waals surface area contributed by atoms with Crippen molar-refractivity contribution in [2.75, 3.05) is 6.61 Å². The van der Waals surface area contributed by atoms with Crippen LogP contribution in [0.5, 0.6) is 5.75 Å². The lowest BCUT2D eigenvalue weighted by Gasteiger charge is -2.27. The quantitative estimate of drug-likeness (QED) is 0.183. The van der Waals surface area contributed by atoms with Crippen molar-refractivity contribution >= 4 is 18.4 Å². The third kappa shape index (κ3) is 8.24. The number of nitrogens with zero attached hydrogens (tertiary/aromatic N) is 1. The van der Waals surface area contributed by atoms with E-state index in [2.05, 4.69) is 10.1 Å². The molecule has 0 bridgehead atoms. The highest BCUT2D eigenvalue weighted by atomic mass is 32.5. The van der Waals surface area contributed by atoms with Gasteiger partial charge in [-0.05, 0) is 57.0 Å². The van der Waals surface area contributed by atoms with Gasteiger partial charge in [-0.25, -0.2) is 4.79 Å². The van der Waals surface area contributed by atoms with Crippen molar-refractivity contribution in [3.8, 4) is 5.75 Å². The number of nitrogens with one attached hydrogen (secondary N) is 2. The van der Waals surface area contributed by atoms with Gasteiger partial charge in [-0.3, -0.25) is 14.3 Å². The number of aromatic nitrogens is 2. The van der Waals surface area contributed by atoms with Gasteiger partial charge < -0.3 is 38.9 Å². The van der Waals surface area contributed by atoms with Crippen molar-refractivity contribution in [2.24, 2.45) is 5.92 Å². The van der Waals surface area contributed by atoms with E-state index < -0.39 is 48.5 Å². The van der Waals surface area contributed by atoms with E-state index in [0.717, 1.165) is 16.8 Å². The lowest BCUT2D eigenvalue weighted by atomic mass is 9.96. The molecule has 12 nitrogen and oxygen atoms in total. The fourth-order valence-corrected chi connectivity index (χ4v) is 5.37. The third-order valence-corrected chi connectivity index (χ3v) is 7.35. The highest BCUT2D eigenvalue weighted by Gasteiger charge is 2.53. The van der Waals surface area contributed by atoms with E-state index in [9.17, 15) is 24.7 Å². The van der Waals surface area contributed by atoms with Crippen molar-refractivity contribution in [2.45, 2.75) is 71.2 Å². The van der Waals surface area contributed by atoms with Gasteiger partial charge in [0.05, 0.1) is 12.7 Å². The third-order valence-electron chi connectivity index (χ3n) is 5.70. The van der Waals surface area contributed by atoms with Crippen LogP contribution < -0.4 is 21.1 Å². The molecule has 1 aromatic heterocycles. The van der Waals surface area contributed by atoms with Crippen LogP contribution in [0.4, 0.5) is 0 Å². The van der Waals surface area contributed by atoms with E-state index in [1.54, 1.807) is 12.1 Å². The highest BCUT2D eigenvalue weighted by Crippen LogP contribution is 2.43. The van der Waals surface area contributed by atoms with E-state index in [-0.39, 0.29) is 18.0 Å². The fraction of sp³-hybridized carbons (Fsp3) is 0.520. The molecular weight excluding hydrogens is 549 g/mol. The molecule has 1 aromatic carbocycles. The Kier molecular flexibility index (Phi) is 10.2. The summed E-state index contributed by atoms with van der Waals surface area (Å²) in [5, 5.41) is 24.5. The normalized spacial score (nSPS) is 25.3. The predicted octanol–water partition coefficient (Wildman–Crippen LogP) is 2.09. The summed E-state index contributed by atoms with van der Waals surface area (Å²) in [4.78, 5) is 36.8. The SMILES string of the molecule is CC(C)CC(NP(O)(=S)OC[C@H]1O[C@@H](n2ccc(=O)[nH]c2=O)[C@](C)(O)[C@@H]1O)=C(Oc1ccccc1)OC(C)C. The van der Waals surface area contributed by atoms with Gasteiger partial charge in [-0.15, -0.1) is 0 Å². The van der Waals surface area contributed by atoms with E-state index in [1.807, 2.05) is 45.9 Å². The van der Waals surface area contributed by atoms with Crippen LogP contribution in [0.3, 0.4) is 0 Å². The second-order valence-corrected chi connectivity index (χ2v) is 13.1. The average molecular weight is 586 g/mol. The molecule has 0 radical (unpaired) electrons. The molecule has 2 aromatic rings. The number of aliphatic hydroxyl groups excluding tert-OH is 1.